The number of rotatable bonds is 4. The van der Waals surface area contributed by atoms with E-state index in [1.54, 1.807) is 11.2 Å². The zero-order valence-electron chi connectivity index (χ0n) is 14.7. The van der Waals surface area contributed by atoms with E-state index >= 15 is 0 Å². The average Bonchev–Trinajstić information content (AvgIpc) is 3.03. The predicted molar refractivity (Wildman–Crippen MR) is 95.4 cm³/mol. The number of nitrogens with one attached hydrogen (secondary N) is 1. The molecule has 0 radical (unpaired) electrons. The van der Waals surface area contributed by atoms with E-state index in [0.717, 1.165) is 17.5 Å². The molecule has 1 N–H and O–H groups in total. The Balaban J connectivity index is 1.90. The van der Waals surface area contributed by atoms with Gasteiger partial charge < -0.3 is 14.6 Å². The molecule has 0 aliphatic carbocycles. The Bertz CT molecular complexity index is 736. The number of benzene rings is 1. The maximum Gasteiger partial charge on any atom is 0.290 e. The Morgan fingerprint density at radius 3 is 2.76 bits per heavy atom. The first kappa shape index (κ1) is 17.3. The van der Waals surface area contributed by atoms with Gasteiger partial charge in [-0.05, 0) is 24.0 Å². The summed E-state index contributed by atoms with van der Waals surface area (Å²) in [7, 11) is 0. The van der Waals surface area contributed by atoms with Crippen molar-refractivity contribution >= 4 is 11.8 Å². The van der Waals surface area contributed by atoms with E-state index in [4.69, 9.17) is 4.42 Å². The molecule has 1 aliphatic heterocycles. The first-order chi connectivity index (χ1) is 12.1. The van der Waals surface area contributed by atoms with E-state index in [1.807, 2.05) is 50.2 Å². The molecule has 3 rings (SSSR count). The minimum absolute atomic E-state index is 0.104. The molecule has 0 bridgehead atoms. The summed E-state index contributed by atoms with van der Waals surface area (Å²) in [5, 5.41) is 2.92. The smallest absolute Gasteiger partial charge is 0.290 e. The highest BCUT2D eigenvalue weighted by Gasteiger charge is 2.34. The second-order valence-electron chi connectivity index (χ2n) is 6.71. The van der Waals surface area contributed by atoms with Gasteiger partial charge in [0.25, 0.3) is 5.91 Å². The van der Waals surface area contributed by atoms with Crippen LogP contribution in [0.1, 0.15) is 47.9 Å². The van der Waals surface area contributed by atoms with Crippen molar-refractivity contribution in [2.75, 3.05) is 13.1 Å². The molecule has 2 amide bonds. The molecular formula is C20H24N2O3. The Morgan fingerprint density at radius 1 is 1.28 bits per heavy atom. The Labute approximate surface area is 148 Å². The highest BCUT2D eigenvalue weighted by Crippen LogP contribution is 2.24. The van der Waals surface area contributed by atoms with Gasteiger partial charge in [-0.25, -0.2) is 0 Å². The molecule has 1 atom stereocenters. The summed E-state index contributed by atoms with van der Waals surface area (Å²) >= 11 is 0. The van der Waals surface area contributed by atoms with Crippen molar-refractivity contribution in [3.63, 3.8) is 0 Å². The van der Waals surface area contributed by atoms with Crippen LogP contribution in [-0.2, 0) is 11.2 Å². The fourth-order valence-corrected chi connectivity index (χ4v) is 3.24. The van der Waals surface area contributed by atoms with Crippen LogP contribution in [0.4, 0.5) is 0 Å². The third-order valence-corrected chi connectivity index (χ3v) is 4.60. The Kier molecular flexibility index (Phi) is 5.22. The van der Waals surface area contributed by atoms with Crippen LogP contribution in [-0.4, -0.2) is 35.8 Å². The topological polar surface area (TPSA) is 62.6 Å². The van der Waals surface area contributed by atoms with Crippen LogP contribution in [0, 0.1) is 0 Å². The molecular weight excluding hydrogens is 316 g/mol. The van der Waals surface area contributed by atoms with Crippen molar-refractivity contribution in [3.8, 4) is 0 Å². The van der Waals surface area contributed by atoms with Gasteiger partial charge in [0.15, 0.2) is 5.76 Å². The molecule has 1 fully saturated rings. The number of hydrogen-bond acceptors (Lipinski definition) is 3. The molecule has 1 aliphatic rings. The second kappa shape index (κ2) is 7.55. The fraction of sp³-hybridized carbons (Fsp3) is 0.400. The van der Waals surface area contributed by atoms with Gasteiger partial charge in [-0.1, -0.05) is 44.2 Å². The molecule has 2 aromatic rings. The van der Waals surface area contributed by atoms with E-state index in [9.17, 15) is 9.59 Å². The number of amides is 2. The quantitative estimate of drug-likeness (QED) is 0.931. The monoisotopic (exact) mass is 340 g/mol. The molecule has 2 heterocycles. The molecule has 1 saturated heterocycles. The molecule has 0 saturated carbocycles. The lowest BCUT2D eigenvalue weighted by molar-refractivity contribution is -0.124. The molecule has 5 heteroatoms. The van der Waals surface area contributed by atoms with E-state index < -0.39 is 6.04 Å². The fourth-order valence-electron chi connectivity index (χ4n) is 3.24. The zero-order valence-corrected chi connectivity index (χ0v) is 14.7. The van der Waals surface area contributed by atoms with Crippen molar-refractivity contribution < 1.29 is 14.0 Å². The van der Waals surface area contributed by atoms with E-state index in [2.05, 4.69) is 5.32 Å². The molecule has 1 aromatic heterocycles. The number of carbonyl (C=O) groups excluding carboxylic acids is 2. The van der Waals surface area contributed by atoms with Crippen LogP contribution in [0.2, 0.25) is 0 Å². The van der Waals surface area contributed by atoms with Crippen LogP contribution < -0.4 is 5.32 Å². The lowest BCUT2D eigenvalue weighted by atomic mass is 10.0. The van der Waals surface area contributed by atoms with E-state index in [-0.39, 0.29) is 17.7 Å². The third-order valence-electron chi connectivity index (χ3n) is 4.60. The summed E-state index contributed by atoms with van der Waals surface area (Å²) in [5.74, 6) is 0.230. The minimum atomic E-state index is -0.525. The number of hydrogen-bond donors (Lipinski definition) is 1. The third kappa shape index (κ3) is 3.76. The van der Waals surface area contributed by atoms with Gasteiger partial charge in [-0.3, -0.25) is 9.59 Å². The van der Waals surface area contributed by atoms with Gasteiger partial charge in [0.2, 0.25) is 5.91 Å². The summed E-state index contributed by atoms with van der Waals surface area (Å²) in [6.07, 6.45) is 2.78. The normalized spacial score (nSPS) is 18.1. The molecule has 1 unspecified atom stereocenters. The number of furan rings is 1. The number of carbonyl (C=O) groups is 2. The highest BCUT2D eigenvalue weighted by molar-refractivity contribution is 5.97. The molecule has 0 spiro atoms. The molecule has 5 nitrogen and oxygen atoms in total. The van der Waals surface area contributed by atoms with Crippen LogP contribution in [0.15, 0.2) is 47.1 Å². The minimum Gasteiger partial charge on any atom is -0.459 e. The maximum absolute atomic E-state index is 13.1. The summed E-state index contributed by atoms with van der Waals surface area (Å²) in [6, 6.07) is 11.1. The van der Waals surface area contributed by atoms with Crippen LogP contribution in [0.3, 0.4) is 0 Å². The first-order valence-electron chi connectivity index (χ1n) is 8.78. The van der Waals surface area contributed by atoms with Crippen molar-refractivity contribution in [2.24, 2.45) is 0 Å². The van der Waals surface area contributed by atoms with Crippen molar-refractivity contribution in [1.29, 1.82) is 0 Å². The second-order valence-corrected chi connectivity index (χ2v) is 6.71. The van der Waals surface area contributed by atoms with Gasteiger partial charge in [-0.15, -0.1) is 0 Å². The van der Waals surface area contributed by atoms with Gasteiger partial charge in [0.05, 0.1) is 6.26 Å². The average molecular weight is 340 g/mol. The predicted octanol–water partition coefficient (Wildman–Crippen LogP) is 2.98. The molecule has 25 heavy (non-hydrogen) atoms. The van der Waals surface area contributed by atoms with E-state index in [1.165, 1.54) is 0 Å². The van der Waals surface area contributed by atoms with Crippen molar-refractivity contribution in [3.05, 3.63) is 59.5 Å². The summed E-state index contributed by atoms with van der Waals surface area (Å²) < 4.78 is 5.49. The highest BCUT2D eigenvalue weighted by atomic mass is 16.3. The van der Waals surface area contributed by atoms with Gasteiger partial charge in [0, 0.05) is 25.1 Å². The standard InChI is InChI=1S/C20H24N2O3/c1-14(2)16-9-12-25-18(16)20(24)22-11-6-10-21-19(23)17(22)13-15-7-4-3-5-8-15/h3-5,7-9,12,14,17H,6,10-11,13H2,1-2H3,(H,21,23). The van der Waals surface area contributed by atoms with Crippen molar-refractivity contribution in [1.82, 2.24) is 10.2 Å². The summed E-state index contributed by atoms with van der Waals surface area (Å²) in [5.41, 5.74) is 1.92. The largest absolute Gasteiger partial charge is 0.459 e. The van der Waals surface area contributed by atoms with Crippen molar-refractivity contribution in [2.45, 2.75) is 38.6 Å². The summed E-state index contributed by atoms with van der Waals surface area (Å²) in [6.45, 7) is 5.17. The first-order valence-corrected chi connectivity index (χ1v) is 8.78. The van der Waals surface area contributed by atoms with E-state index in [0.29, 0.717) is 25.3 Å². The summed E-state index contributed by atoms with van der Waals surface area (Å²) in [4.78, 5) is 27.4. The van der Waals surface area contributed by atoms with Crippen LogP contribution in [0.25, 0.3) is 0 Å². The Morgan fingerprint density at radius 2 is 2.04 bits per heavy atom. The zero-order chi connectivity index (χ0) is 17.8. The maximum atomic E-state index is 13.1. The molecule has 1 aromatic carbocycles. The van der Waals surface area contributed by atoms with Crippen LogP contribution in [0.5, 0.6) is 0 Å². The van der Waals surface area contributed by atoms with Gasteiger partial charge in [-0.2, -0.15) is 0 Å². The molecule has 132 valence electrons. The van der Waals surface area contributed by atoms with Crippen LogP contribution >= 0.6 is 0 Å². The Hall–Kier alpha value is -2.56. The lowest BCUT2D eigenvalue weighted by Gasteiger charge is -2.28. The lowest BCUT2D eigenvalue weighted by Crippen LogP contribution is -2.48. The van der Waals surface area contributed by atoms with Gasteiger partial charge in [0.1, 0.15) is 6.04 Å². The van der Waals surface area contributed by atoms with Gasteiger partial charge >= 0.3 is 0 Å². The SMILES string of the molecule is CC(C)c1ccoc1C(=O)N1CCCNC(=O)C1Cc1ccccc1. The number of nitrogens with zero attached hydrogens (tertiary/aromatic N) is 1.